The second kappa shape index (κ2) is 6.49. The molecule has 21 heavy (non-hydrogen) atoms. The number of hydrogen-bond donors (Lipinski definition) is 2. The minimum Gasteiger partial charge on any atom is -0.388 e. The third-order valence-corrected chi connectivity index (χ3v) is 4.84. The molecular formula is C16H26ClN3O. The standard InChI is InChI=1S/C16H26ClN3O/c1-4-5-12-13(17)19-11-20-14(12)18-10-16(21)8-6-15(2,3)7-9-16/h11,21H,4-10H2,1-3H3,(H,18,19,20). The van der Waals surface area contributed by atoms with Crippen LogP contribution in [0, 0.1) is 5.41 Å². The lowest BCUT2D eigenvalue weighted by atomic mass is 9.71. The monoisotopic (exact) mass is 311 g/mol. The second-order valence-corrected chi connectivity index (χ2v) is 7.34. The van der Waals surface area contributed by atoms with Gasteiger partial charge < -0.3 is 10.4 Å². The van der Waals surface area contributed by atoms with E-state index in [9.17, 15) is 5.11 Å². The molecule has 0 amide bonds. The van der Waals surface area contributed by atoms with Crippen molar-refractivity contribution < 1.29 is 5.11 Å². The number of nitrogens with zero attached hydrogens (tertiary/aromatic N) is 2. The van der Waals surface area contributed by atoms with Crippen molar-refractivity contribution in [1.29, 1.82) is 0 Å². The van der Waals surface area contributed by atoms with E-state index in [0.29, 0.717) is 17.1 Å². The van der Waals surface area contributed by atoms with Crippen molar-refractivity contribution in [3.8, 4) is 0 Å². The van der Waals surface area contributed by atoms with E-state index < -0.39 is 5.60 Å². The van der Waals surface area contributed by atoms with Gasteiger partial charge in [-0.2, -0.15) is 0 Å². The molecule has 2 rings (SSSR count). The minimum atomic E-state index is -0.642. The third kappa shape index (κ3) is 4.30. The van der Waals surface area contributed by atoms with Gasteiger partial charge >= 0.3 is 0 Å². The molecule has 4 nitrogen and oxygen atoms in total. The van der Waals surface area contributed by atoms with Crippen molar-refractivity contribution in [1.82, 2.24) is 9.97 Å². The van der Waals surface area contributed by atoms with Crippen LogP contribution in [0.1, 0.15) is 58.4 Å². The molecule has 2 N–H and O–H groups in total. The number of aliphatic hydroxyl groups is 1. The molecule has 1 aliphatic carbocycles. The first-order valence-corrected chi connectivity index (χ1v) is 8.19. The molecule has 1 saturated carbocycles. The number of hydrogen-bond acceptors (Lipinski definition) is 4. The van der Waals surface area contributed by atoms with Crippen LogP contribution in [0.5, 0.6) is 0 Å². The molecule has 1 fully saturated rings. The van der Waals surface area contributed by atoms with Crippen LogP contribution in [-0.2, 0) is 6.42 Å². The van der Waals surface area contributed by atoms with Gasteiger partial charge in [0.1, 0.15) is 17.3 Å². The van der Waals surface area contributed by atoms with Gasteiger partial charge in [0.05, 0.1) is 5.60 Å². The molecule has 5 heteroatoms. The quantitative estimate of drug-likeness (QED) is 0.811. The maximum absolute atomic E-state index is 10.7. The number of anilines is 1. The number of rotatable bonds is 5. The molecule has 1 aromatic heterocycles. The van der Waals surface area contributed by atoms with Gasteiger partial charge in [-0.1, -0.05) is 38.8 Å². The molecule has 0 radical (unpaired) electrons. The summed E-state index contributed by atoms with van der Waals surface area (Å²) >= 11 is 6.15. The topological polar surface area (TPSA) is 58.0 Å². The van der Waals surface area contributed by atoms with Crippen LogP contribution >= 0.6 is 11.6 Å². The zero-order valence-electron chi connectivity index (χ0n) is 13.2. The zero-order valence-corrected chi connectivity index (χ0v) is 14.0. The van der Waals surface area contributed by atoms with E-state index in [1.54, 1.807) is 0 Å². The summed E-state index contributed by atoms with van der Waals surface area (Å²) in [5.74, 6) is 0.759. The fraction of sp³-hybridized carbons (Fsp3) is 0.750. The molecule has 0 atom stereocenters. The lowest BCUT2D eigenvalue weighted by Gasteiger charge is -2.40. The predicted molar refractivity (Wildman–Crippen MR) is 86.7 cm³/mol. The smallest absolute Gasteiger partial charge is 0.137 e. The Hall–Kier alpha value is -0.870. The first-order chi connectivity index (χ1) is 9.85. The zero-order chi connectivity index (χ0) is 15.5. The summed E-state index contributed by atoms with van der Waals surface area (Å²) in [7, 11) is 0. The Morgan fingerprint density at radius 2 is 1.90 bits per heavy atom. The van der Waals surface area contributed by atoms with Gasteiger partial charge in [-0.3, -0.25) is 0 Å². The van der Waals surface area contributed by atoms with Crippen LogP contribution in [0.2, 0.25) is 5.15 Å². The molecule has 118 valence electrons. The molecular weight excluding hydrogens is 286 g/mol. The Labute approximate surface area is 132 Å². The summed E-state index contributed by atoms with van der Waals surface area (Å²) in [6, 6.07) is 0. The van der Waals surface area contributed by atoms with Crippen LogP contribution in [0.3, 0.4) is 0 Å². The van der Waals surface area contributed by atoms with E-state index >= 15 is 0 Å². The molecule has 0 spiro atoms. The van der Waals surface area contributed by atoms with E-state index in [1.165, 1.54) is 6.33 Å². The van der Waals surface area contributed by atoms with E-state index in [4.69, 9.17) is 11.6 Å². The Morgan fingerprint density at radius 1 is 1.24 bits per heavy atom. The van der Waals surface area contributed by atoms with Crippen LogP contribution in [-0.4, -0.2) is 27.2 Å². The molecule has 0 unspecified atom stereocenters. The average molecular weight is 312 g/mol. The number of halogens is 1. The highest BCUT2D eigenvalue weighted by Gasteiger charge is 2.36. The Bertz CT molecular complexity index is 480. The first kappa shape index (κ1) is 16.5. The van der Waals surface area contributed by atoms with Gasteiger partial charge in [-0.05, 0) is 37.5 Å². The summed E-state index contributed by atoms with van der Waals surface area (Å²) in [4.78, 5) is 8.33. The molecule has 1 heterocycles. The van der Waals surface area contributed by atoms with Gasteiger partial charge in [0.2, 0.25) is 0 Å². The summed E-state index contributed by atoms with van der Waals surface area (Å²) in [6.07, 6.45) is 7.06. The fourth-order valence-corrected chi connectivity index (χ4v) is 3.06. The summed E-state index contributed by atoms with van der Waals surface area (Å²) < 4.78 is 0. The van der Waals surface area contributed by atoms with Crippen molar-refractivity contribution in [2.75, 3.05) is 11.9 Å². The van der Waals surface area contributed by atoms with E-state index in [2.05, 4.69) is 36.1 Å². The van der Waals surface area contributed by atoms with Crippen LogP contribution in [0.25, 0.3) is 0 Å². The summed E-state index contributed by atoms with van der Waals surface area (Å²) in [5, 5.41) is 14.5. The Morgan fingerprint density at radius 3 is 2.52 bits per heavy atom. The first-order valence-electron chi connectivity index (χ1n) is 7.81. The van der Waals surface area contributed by atoms with Crippen molar-refractivity contribution in [2.45, 2.75) is 64.9 Å². The lowest BCUT2D eigenvalue weighted by Crippen LogP contribution is -2.42. The Balaban J connectivity index is 2.02. The molecule has 0 aromatic carbocycles. The fourth-order valence-electron chi connectivity index (χ4n) is 2.83. The average Bonchev–Trinajstić information content (AvgIpc) is 2.44. The van der Waals surface area contributed by atoms with Crippen molar-refractivity contribution in [3.05, 3.63) is 17.0 Å². The molecule has 0 aliphatic heterocycles. The molecule has 0 saturated heterocycles. The van der Waals surface area contributed by atoms with Gasteiger partial charge in [0.25, 0.3) is 0 Å². The highest BCUT2D eigenvalue weighted by Crippen LogP contribution is 2.40. The highest BCUT2D eigenvalue weighted by molar-refractivity contribution is 6.30. The largest absolute Gasteiger partial charge is 0.388 e. The van der Waals surface area contributed by atoms with Crippen molar-refractivity contribution in [2.24, 2.45) is 5.41 Å². The maximum atomic E-state index is 10.7. The van der Waals surface area contributed by atoms with E-state index in [-0.39, 0.29) is 0 Å². The number of nitrogens with one attached hydrogen (secondary N) is 1. The van der Waals surface area contributed by atoms with Gasteiger partial charge in [-0.15, -0.1) is 0 Å². The SMILES string of the molecule is CCCc1c(Cl)ncnc1NCC1(O)CCC(C)(C)CC1. The van der Waals surface area contributed by atoms with Crippen molar-refractivity contribution in [3.63, 3.8) is 0 Å². The van der Waals surface area contributed by atoms with E-state index in [1.807, 2.05) is 0 Å². The normalized spacial score (nSPS) is 20.2. The van der Waals surface area contributed by atoms with Gasteiger partial charge in [0, 0.05) is 12.1 Å². The number of aromatic nitrogens is 2. The lowest BCUT2D eigenvalue weighted by molar-refractivity contribution is -0.0146. The molecule has 1 aromatic rings. The molecule has 1 aliphatic rings. The van der Waals surface area contributed by atoms with Gasteiger partial charge in [-0.25, -0.2) is 9.97 Å². The van der Waals surface area contributed by atoms with E-state index in [0.717, 1.165) is 49.9 Å². The maximum Gasteiger partial charge on any atom is 0.137 e. The second-order valence-electron chi connectivity index (χ2n) is 6.98. The molecule has 0 bridgehead atoms. The van der Waals surface area contributed by atoms with Crippen LogP contribution in [0.4, 0.5) is 5.82 Å². The highest BCUT2D eigenvalue weighted by atomic mass is 35.5. The van der Waals surface area contributed by atoms with Gasteiger partial charge in [0.15, 0.2) is 0 Å². The van der Waals surface area contributed by atoms with Crippen LogP contribution in [0.15, 0.2) is 6.33 Å². The summed E-state index contributed by atoms with van der Waals surface area (Å²) in [6.45, 7) is 7.16. The minimum absolute atomic E-state index is 0.345. The third-order valence-electron chi connectivity index (χ3n) is 4.51. The Kier molecular flexibility index (Phi) is 5.10. The van der Waals surface area contributed by atoms with Crippen LogP contribution < -0.4 is 5.32 Å². The summed E-state index contributed by atoms with van der Waals surface area (Å²) in [5.41, 5.74) is 0.648. The predicted octanol–water partition coefficient (Wildman–Crippen LogP) is 3.83. The van der Waals surface area contributed by atoms with Crippen molar-refractivity contribution >= 4 is 17.4 Å².